The van der Waals surface area contributed by atoms with Crippen LogP contribution in [0.2, 0.25) is 0 Å². The topological polar surface area (TPSA) is 76.5 Å². The van der Waals surface area contributed by atoms with Crippen LogP contribution in [0.1, 0.15) is 18.1 Å². The Morgan fingerprint density at radius 2 is 1.74 bits per heavy atom. The minimum atomic E-state index is -0.213. The van der Waals surface area contributed by atoms with Crippen molar-refractivity contribution in [3.05, 3.63) is 68.4 Å². The van der Waals surface area contributed by atoms with Crippen LogP contribution in [-0.2, 0) is 6.42 Å². The second kappa shape index (κ2) is 7.45. The van der Waals surface area contributed by atoms with Crippen LogP contribution in [-0.4, -0.2) is 29.1 Å². The van der Waals surface area contributed by atoms with E-state index in [9.17, 15) is 9.90 Å². The van der Waals surface area contributed by atoms with E-state index in [1.165, 1.54) is 24.5 Å². The number of hydrogen-bond donors (Lipinski definition) is 2. The monoisotopic (exact) mass is 366 g/mol. The molecular weight excluding hydrogens is 344 g/mol. The van der Waals surface area contributed by atoms with E-state index in [2.05, 4.69) is 18.6 Å². The fraction of sp³-hybridized carbons (Fsp3) is 0.190. The number of benzene rings is 2. The molecule has 0 aliphatic heterocycles. The zero-order chi connectivity index (χ0) is 19.6. The van der Waals surface area contributed by atoms with Crippen molar-refractivity contribution in [2.75, 3.05) is 14.2 Å². The molecular formula is C21H22N2O4. The number of rotatable bonds is 5. The van der Waals surface area contributed by atoms with Gasteiger partial charge in [0.2, 0.25) is 5.75 Å². The lowest BCUT2D eigenvalue weighted by Crippen LogP contribution is -2.33. The first kappa shape index (κ1) is 18.4. The number of aromatic hydroxyl groups is 1. The van der Waals surface area contributed by atoms with Gasteiger partial charge >= 0.3 is 0 Å². The van der Waals surface area contributed by atoms with E-state index >= 15 is 0 Å². The molecule has 27 heavy (non-hydrogen) atoms. The first-order valence-corrected chi connectivity index (χ1v) is 8.54. The molecule has 140 valence electrons. The summed E-state index contributed by atoms with van der Waals surface area (Å²) >= 11 is 0. The molecule has 0 saturated carbocycles. The normalized spacial score (nSPS) is 11.6. The number of aromatic amines is 1. The number of phenols is 1. The number of methoxy groups -OCH3 is 2. The van der Waals surface area contributed by atoms with E-state index in [0.29, 0.717) is 16.1 Å². The number of ether oxygens (including phenoxy) is 2. The molecule has 6 nitrogen and oxygen atoms in total. The molecule has 2 N–H and O–H groups in total. The zero-order valence-corrected chi connectivity index (χ0v) is 15.6. The van der Waals surface area contributed by atoms with Crippen LogP contribution in [0.4, 0.5) is 0 Å². The molecule has 0 unspecified atom stereocenters. The fourth-order valence-corrected chi connectivity index (χ4v) is 2.87. The van der Waals surface area contributed by atoms with E-state index < -0.39 is 0 Å². The summed E-state index contributed by atoms with van der Waals surface area (Å²) < 4.78 is 11.8. The van der Waals surface area contributed by atoms with Gasteiger partial charge in [0.15, 0.2) is 11.5 Å². The highest BCUT2D eigenvalue weighted by Crippen LogP contribution is 2.37. The van der Waals surface area contributed by atoms with Gasteiger partial charge in [0.25, 0.3) is 5.56 Å². The van der Waals surface area contributed by atoms with E-state index in [4.69, 9.17) is 9.47 Å². The van der Waals surface area contributed by atoms with Crippen molar-refractivity contribution in [3.63, 3.8) is 0 Å². The van der Waals surface area contributed by atoms with Crippen molar-refractivity contribution in [2.24, 2.45) is 0 Å². The van der Waals surface area contributed by atoms with Gasteiger partial charge in [0, 0.05) is 0 Å². The number of phenolic OH excluding ortho intramolecular Hbond substituents is 1. The zero-order valence-electron chi connectivity index (χ0n) is 15.6. The van der Waals surface area contributed by atoms with Crippen LogP contribution in [0.3, 0.4) is 0 Å². The van der Waals surface area contributed by atoms with E-state index in [1.54, 1.807) is 18.2 Å². The second-order valence-corrected chi connectivity index (χ2v) is 6.08. The largest absolute Gasteiger partial charge is 0.502 e. The number of aromatic nitrogens is 2. The predicted molar refractivity (Wildman–Crippen MR) is 105 cm³/mol. The van der Waals surface area contributed by atoms with Gasteiger partial charge in [-0.15, -0.1) is 0 Å². The molecule has 3 aromatic rings. The predicted octanol–water partition coefficient (Wildman–Crippen LogP) is 1.69. The van der Waals surface area contributed by atoms with Gasteiger partial charge in [0.1, 0.15) is 0 Å². The Morgan fingerprint density at radius 3 is 2.26 bits per heavy atom. The number of H-pyrrole nitrogens is 1. The van der Waals surface area contributed by atoms with Crippen LogP contribution < -0.4 is 25.6 Å². The van der Waals surface area contributed by atoms with E-state index in [-0.39, 0.29) is 22.8 Å². The maximum atomic E-state index is 12.9. The molecule has 0 amide bonds. The molecule has 1 aromatic heterocycles. The van der Waals surface area contributed by atoms with Gasteiger partial charge in [-0.1, -0.05) is 25.6 Å². The summed E-state index contributed by atoms with van der Waals surface area (Å²) in [6, 6.07) is 11.0. The smallest absolute Gasteiger partial charge is 0.279 e. The summed E-state index contributed by atoms with van der Waals surface area (Å²) in [6.07, 6.45) is 2.62. The third kappa shape index (κ3) is 3.46. The molecule has 0 radical (unpaired) electrons. The highest BCUT2D eigenvalue weighted by Gasteiger charge is 2.11. The Hall–Kier alpha value is -3.41. The van der Waals surface area contributed by atoms with Gasteiger partial charge in [-0.3, -0.25) is 9.89 Å². The molecule has 0 aliphatic rings. The average molecular weight is 366 g/mol. The number of aryl methyl sites for hydroxylation is 1. The summed E-state index contributed by atoms with van der Waals surface area (Å²) in [7, 11) is 2.91. The van der Waals surface area contributed by atoms with Gasteiger partial charge < -0.3 is 14.6 Å². The van der Waals surface area contributed by atoms with Crippen molar-refractivity contribution in [1.29, 1.82) is 0 Å². The Balaban J connectivity index is 2.14. The Kier molecular flexibility index (Phi) is 5.07. The standard InChI is InChI=1S/C21H22N2O4/c1-5-14-6-8-16(9-7-14)23-21(25)17(13(2)22-23)10-15-11-18(26-3)20(24)19(12-15)27-4/h6-12,22,24H,2,5H2,1,3-4H3. The molecule has 0 spiro atoms. The Morgan fingerprint density at radius 1 is 1.15 bits per heavy atom. The number of nitrogens with one attached hydrogen (secondary N) is 1. The molecule has 6 heteroatoms. The van der Waals surface area contributed by atoms with Gasteiger partial charge in [-0.25, -0.2) is 4.68 Å². The summed E-state index contributed by atoms with van der Waals surface area (Å²) in [4.78, 5) is 12.9. The Bertz CT molecular complexity index is 1100. The molecule has 0 aliphatic carbocycles. The minimum Gasteiger partial charge on any atom is -0.502 e. The quantitative estimate of drug-likeness (QED) is 0.721. The first-order valence-electron chi connectivity index (χ1n) is 8.54. The van der Waals surface area contributed by atoms with Crippen molar-refractivity contribution in [2.45, 2.75) is 13.3 Å². The van der Waals surface area contributed by atoms with Crippen molar-refractivity contribution in [1.82, 2.24) is 9.78 Å². The summed E-state index contributed by atoms with van der Waals surface area (Å²) in [6.45, 7) is 6.02. The average Bonchev–Trinajstić information content (AvgIpc) is 2.97. The van der Waals surface area contributed by atoms with Crippen LogP contribution in [0, 0.1) is 0 Å². The summed E-state index contributed by atoms with van der Waals surface area (Å²) in [5, 5.41) is 14.0. The lowest BCUT2D eigenvalue weighted by atomic mass is 10.1. The molecule has 0 bridgehead atoms. The van der Waals surface area contributed by atoms with Crippen molar-refractivity contribution >= 4 is 12.7 Å². The second-order valence-electron chi connectivity index (χ2n) is 6.08. The molecule has 2 aromatic carbocycles. The lowest BCUT2D eigenvalue weighted by molar-refractivity contribution is 0.340. The van der Waals surface area contributed by atoms with Crippen LogP contribution in [0.25, 0.3) is 18.3 Å². The third-order valence-corrected chi connectivity index (χ3v) is 4.42. The lowest BCUT2D eigenvalue weighted by Gasteiger charge is -2.09. The highest BCUT2D eigenvalue weighted by molar-refractivity contribution is 5.61. The molecule has 0 atom stereocenters. The maximum Gasteiger partial charge on any atom is 0.279 e. The van der Waals surface area contributed by atoms with Crippen molar-refractivity contribution in [3.8, 4) is 22.9 Å². The fourth-order valence-electron chi connectivity index (χ4n) is 2.87. The number of hydrogen-bond acceptors (Lipinski definition) is 4. The summed E-state index contributed by atoms with van der Waals surface area (Å²) in [5.41, 5.74) is 2.37. The maximum absolute atomic E-state index is 12.9. The first-order chi connectivity index (χ1) is 13.0. The van der Waals surface area contributed by atoms with Gasteiger partial charge in [-0.05, 0) is 47.9 Å². The molecule has 3 rings (SSSR count). The van der Waals surface area contributed by atoms with Gasteiger partial charge in [-0.2, -0.15) is 0 Å². The molecule has 1 heterocycles. The SMILES string of the molecule is C=c1[nH]n(-c2ccc(CC)cc2)c(=O)c1=Cc1cc(OC)c(O)c(OC)c1. The van der Waals surface area contributed by atoms with Crippen LogP contribution in [0.5, 0.6) is 17.2 Å². The minimum absolute atomic E-state index is 0.0884. The summed E-state index contributed by atoms with van der Waals surface area (Å²) in [5.74, 6) is 0.434. The van der Waals surface area contributed by atoms with Crippen LogP contribution >= 0.6 is 0 Å². The number of nitrogens with zero attached hydrogens (tertiary/aromatic N) is 1. The van der Waals surface area contributed by atoms with Crippen LogP contribution in [0.15, 0.2) is 41.2 Å². The third-order valence-electron chi connectivity index (χ3n) is 4.42. The van der Waals surface area contributed by atoms with Gasteiger partial charge in [0.05, 0.1) is 30.5 Å². The highest BCUT2D eigenvalue weighted by atomic mass is 16.5. The molecule has 0 fully saturated rings. The Labute approximate surface area is 156 Å². The molecule has 0 saturated heterocycles. The van der Waals surface area contributed by atoms with Crippen molar-refractivity contribution < 1.29 is 14.6 Å². The van der Waals surface area contributed by atoms with E-state index in [1.807, 2.05) is 24.3 Å². The van der Waals surface area contributed by atoms with E-state index in [0.717, 1.165) is 12.1 Å².